The molecule has 3 rings (SSSR count). The number of anilines is 1. The summed E-state index contributed by atoms with van der Waals surface area (Å²) in [6, 6.07) is 0.926. The highest BCUT2D eigenvalue weighted by molar-refractivity contribution is 7.87. The van der Waals surface area contributed by atoms with Crippen LogP contribution in [0.3, 0.4) is 0 Å². The Morgan fingerprint density at radius 3 is 2.30 bits per heavy atom. The highest BCUT2D eigenvalue weighted by Crippen LogP contribution is 2.26. The number of ether oxygens (including phenoxy) is 1. The summed E-state index contributed by atoms with van der Waals surface area (Å²) in [7, 11) is -5.84. The number of carbonyl (C=O) groups is 1. The van der Waals surface area contributed by atoms with Crippen LogP contribution in [-0.4, -0.2) is 76.3 Å². The summed E-state index contributed by atoms with van der Waals surface area (Å²) in [4.78, 5) is 23.2. The van der Waals surface area contributed by atoms with Crippen molar-refractivity contribution in [3.63, 3.8) is 0 Å². The number of hydrogen-bond acceptors (Lipinski definition) is 9. The van der Waals surface area contributed by atoms with Crippen LogP contribution in [0.5, 0.6) is 5.88 Å². The average Bonchev–Trinajstić information content (AvgIpc) is 3.02. The molecule has 166 valence electrons. The summed E-state index contributed by atoms with van der Waals surface area (Å²) in [5.74, 6) is -0.704. The van der Waals surface area contributed by atoms with Crippen molar-refractivity contribution in [3.05, 3.63) is 12.3 Å². The van der Waals surface area contributed by atoms with E-state index in [0.717, 1.165) is 6.07 Å². The molecule has 0 bridgehead atoms. The van der Waals surface area contributed by atoms with E-state index in [1.807, 2.05) is 0 Å². The van der Waals surface area contributed by atoms with Crippen LogP contribution >= 0.6 is 0 Å². The number of carbonyl (C=O) groups excluding carboxylic acids is 1. The Labute approximate surface area is 169 Å². The maximum absolute atomic E-state index is 12.4. The molecule has 1 aliphatic rings. The fraction of sp³-hybridized carbons (Fsp3) is 0.600. The normalized spacial score (nSPS) is 16.1. The summed E-state index contributed by atoms with van der Waals surface area (Å²) in [6.07, 6.45) is 0.747. The first-order valence-electron chi connectivity index (χ1n) is 8.72. The maximum atomic E-state index is 12.4. The number of piperazine rings is 1. The Bertz CT molecular complexity index is 1040. The van der Waals surface area contributed by atoms with Gasteiger partial charge in [-0.05, 0) is 20.8 Å². The van der Waals surface area contributed by atoms with Crippen molar-refractivity contribution in [2.24, 2.45) is 0 Å². The molecule has 30 heavy (non-hydrogen) atoms. The van der Waals surface area contributed by atoms with E-state index in [1.54, 1.807) is 30.6 Å². The van der Waals surface area contributed by atoms with Gasteiger partial charge < -0.3 is 18.7 Å². The zero-order valence-corrected chi connectivity index (χ0v) is 17.1. The van der Waals surface area contributed by atoms with Gasteiger partial charge >= 0.3 is 21.7 Å². The van der Waals surface area contributed by atoms with Crippen molar-refractivity contribution >= 4 is 27.9 Å². The average molecular weight is 452 g/mol. The molecule has 2 aromatic heterocycles. The van der Waals surface area contributed by atoms with Crippen molar-refractivity contribution in [1.29, 1.82) is 0 Å². The van der Waals surface area contributed by atoms with E-state index in [2.05, 4.69) is 19.2 Å². The van der Waals surface area contributed by atoms with Crippen LogP contribution in [-0.2, 0) is 14.9 Å². The lowest BCUT2D eigenvalue weighted by Crippen LogP contribution is -2.50. The molecule has 1 aliphatic heterocycles. The highest BCUT2D eigenvalue weighted by Gasteiger charge is 2.49. The van der Waals surface area contributed by atoms with E-state index in [9.17, 15) is 26.4 Å². The quantitative estimate of drug-likeness (QED) is 0.503. The van der Waals surface area contributed by atoms with Crippen molar-refractivity contribution in [3.8, 4) is 5.88 Å². The second kappa shape index (κ2) is 7.45. The SMILES string of the molecule is CC(C)(C)OC(=O)N1CCN(c2nc3nc(OS(=O)(=O)C(F)(F)F)ccn3n2)CC1. The molecule has 0 N–H and O–H groups in total. The molecule has 0 unspecified atom stereocenters. The van der Waals surface area contributed by atoms with Crippen molar-refractivity contribution in [2.75, 3.05) is 31.1 Å². The molecule has 2 aromatic rings. The first-order chi connectivity index (χ1) is 13.7. The topological polar surface area (TPSA) is 119 Å². The summed E-state index contributed by atoms with van der Waals surface area (Å²) in [5, 5.41) is 4.16. The molecule has 0 atom stereocenters. The van der Waals surface area contributed by atoms with Crippen LogP contribution in [0.4, 0.5) is 23.9 Å². The Morgan fingerprint density at radius 2 is 1.73 bits per heavy atom. The molecule has 1 fully saturated rings. The fourth-order valence-corrected chi connectivity index (χ4v) is 2.92. The minimum atomic E-state index is -5.84. The lowest BCUT2D eigenvalue weighted by Gasteiger charge is -2.35. The van der Waals surface area contributed by atoms with E-state index in [0.29, 0.717) is 26.2 Å². The smallest absolute Gasteiger partial charge is 0.444 e. The number of hydrogen-bond donors (Lipinski definition) is 0. The minimum absolute atomic E-state index is 0.144. The molecule has 3 heterocycles. The van der Waals surface area contributed by atoms with E-state index in [1.165, 1.54) is 10.7 Å². The van der Waals surface area contributed by atoms with Crippen LogP contribution in [0, 0.1) is 0 Å². The third-order valence-electron chi connectivity index (χ3n) is 3.86. The Balaban J connectivity index is 1.69. The molecule has 1 saturated heterocycles. The molecule has 0 aromatic carbocycles. The number of nitrogens with zero attached hydrogens (tertiary/aromatic N) is 6. The van der Waals surface area contributed by atoms with Crippen LogP contribution in [0.2, 0.25) is 0 Å². The Hall–Kier alpha value is -2.84. The first-order valence-corrected chi connectivity index (χ1v) is 10.1. The van der Waals surface area contributed by atoms with Crippen LogP contribution in [0.15, 0.2) is 12.3 Å². The van der Waals surface area contributed by atoms with Crippen LogP contribution in [0.25, 0.3) is 5.78 Å². The van der Waals surface area contributed by atoms with Gasteiger partial charge in [-0.3, -0.25) is 0 Å². The minimum Gasteiger partial charge on any atom is -0.444 e. The molecule has 0 aliphatic carbocycles. The van der Waals surface area contributed by atoms with E-state index < -0.39 is 33.2 Å². The number of fused-ring (bicyclic) bond motifs is 1. The molecular formula is C15H19F3N6O5S. The molecule has 11 nitrogen and oxygen atoms in total. The van der Waals surface area contributed by atoms with Crippen LogP contribution in [0.1, 0.15) is 20.8 Å². The Morgan fingerprint density at radius 1 is 1.10 bits per heavy atom. The van der Waals surface area contributed by atoms with Gasteiger partial charge in [0.05, 0.1) is 0 Å². The van der Waals surface area contributed by atoms with E-state index >= 15 is 0 Å². The number of rotatable bonds is 3. The zero-order chi connectivity index (χ0) is 22.3. The molecule has 0 radical (unpaired) electrons. The molecule has 0 spiro atoms. The molecular weight excluding hydrogens is 433 g/mol. The Kier molecular flexibility index (Phi) is 5.43. The monoisotopic (exact) mass is 452 g/mol. The van der Waals surface area contributed by atoms with Gasteiger partial charge in [-0.25, -0.2) is 9.31 Å². The van der Waals surface area contributed by atoms with Crippen molar-refractivity contribution in [1.82, 2.24) is 24.5 Å². The van der Waals surface area contributed by atoms with E-state index in [4.69, 9.17) is 4.74 Å². The second-order valence-corrected chi connectivity index (χ2v) is 8.90. The van der Waals surface area contributed by atoms with Gasteiger partial charge in [0.15, 0.2) is 0 Å². The third kappa shape index (κ3) is 4.83. The predicted molar refractivity (Wildman–Crippen MR) is 96.4 cm³/mol. The number of alkyl halides is 3. The van der Waals surface area contributed by atoms with Gasteiger partial charge in [0, 0.05) is 38.4 Å². The summed E-state index contributed by atoms with van der Waals surface area (Å²) in [6.45, 7) is 6.81. The third-order valence-corrected chi connectivity index (χ3v) is 4.82. The zero-order valence-electron chi connectivity index (χ0n) is 16.2. The van der Waals surface area contributed by atoms with Gasteiger partial charge in [-0.15, -0.1) is 5.10 Å². The van der Waals surface area contributed by atoms with E-state index in [-0.39, 0.29) is 11.7 Å². The summed E-state index contributed by atoms with van der Waals surface area (Å²) < 4.78 is 70.0. The highest BCUT2D eigenvalue weighted by atomic mass is 32.2. The maximum Gasteiger partial charge on any atom is 0.534 e. The second-order valence-electron chi connectivity index (χ2n) is 7.36. The summed E-state index contributed by atoms with van der Waals surface area (Å²) >= 11 is 0. The standard InChI is InChI=1S/C15H19F3N6O5S/c1-14(2,3)28-13(25)23-8-6-22(7-9-23)12-20-11-19-10(4-5-24(11)21-12)29-30(26,27)15(16,17)18/h4-5H,6-9H2,1-3H3. The number of halogens is 3. The van der Waals surface area contributed by atoms with Gasteiger partial charge in [-0.2, -0.15) is 31.6 Å². The van der Waals surface area contributed by atoms with Gasteiger partial charge in [0.25, 0.3) is 5.78 Å². The van der Waals surface area contributed by atoms with Crippen molar-refractivity contribution < 1.29 is 35.3 Å². The largest absolute Gasteiger partial charge is 0.534 e. The number of aromatic nitrogens is 4. The lowest BCUT2D eigenvalue weighted by atomic mass is 10.2. The number of amides is 1. The fourth-order valence-electron chi connectivity index (χ4n) is 2.51. The van der Waals surface area contributed by atoms with Gasteiger partial charge in [0.2, 0.25) is 11.8 Å². The first kappa shape index (κ1) is 21.9. The van der Waals surface area contributed by atoms with Gasteiger partial charge in [0.1, 0.15) is 5.60 Å². The van der Waals surface area contributed by atoms with Gasteiger partial charge in [-0.1, -0.05) is 0 Å². The predicted octanol–water partition coefficient (Wildman–Crippen LogP) is 1.41. The lowest BCUT2D eigenvalue weighted by molar-refractivity contribution is -0.0501. The molecule has 1 amide bonds. The molecule has 15 heteroatoms. The molecule has 0 saturated carbocycles. The van der Waals surface area contributed by atoms with Crippen LogP contribution < -0.4 is 9.08 Å². The summed E-state index contributed by atoms with van der Waals surface area (Å²) in [5.41, 5.74) is -6.18. The van der Waals surface area contributed by atoms with Crippen molar-refractivity contribution in [2.45, 2.75) is 31.9 Å².